The number of hydrogen-bond donors (Lipinski definition) is 0. The summed E-state index contributed by atoms with van der Waals surface area (Å²) in [5.41, 5.74) is 2.39. The van der Waals surface area contributed by atoms with E-state index in [0.717, 1.165) is 44.2 Å². The van der Waals surface area contributed by atoms with Crippen LogP contribution in [0.5, 0.6) is 0 Å². The summed E-state index contributed by atoms with van der Waals surface area (Å²) in [6.45, 7) is 9.88. The molecule has 0 bridgehead atoms. The molecule has 3 aromatic rings. The van der Waals surface area contributed by atoms with E-state index < -0.39 is 0 Å². The second-order valence-corrected chi connectivity index (χ2v) is 7.40. The van der Waals surface area contributed by atoms with Crippen LogP contribution in [-0.2, 0) is 0 Å². The Kier molecular flexibility index (Phi) is 4.25. The van der Waals surface area contributed by atoms with Crippen molar-refractivity contribution in [1.82, 2.24) is 9.88 Å². The van der Waals surface area contributed by atoms with Crippen molar-refractivity contribution >= 4 is 27.9 Å². The highest BCUT2D eigenvalue weighted by Crippen LogP contribution is 2.33. The van der Waals surface area contributed by atoms with Crippen LogP contribution < -0.4 is 4.90 Å². The Bertz CT molecular complexity index is 833. The Morgan fingerprint density at radius 1 is 1.08 bits per heavy atom. The standard InChI is InChI=1S/C20H23N3S/c1-3-22-8-10-23(11-9-22)20-17-13-15(2)6-7-16(17)14-18(21-20)19-5-4-12-24-19/h4-7,12-14H,3,8-11H2,1-2H3. The highest BCUT2D eigenvalue weighted by molar-refractivity contribution is 7.13. The summed E-state index contributed by atoms with van der Waals surface area (Å²) in [4.78, 5) is 11.3. The zero-order chi connectivity index (χ0) is 16.5. The van der Waals surface area contributed by atoms with Gasteiger partial charge in [0.15, 0.2) is 0 Å². The van der Waals surface area contributed by atoms with Gasteiger partial charge in [0.25, 0.3) is 0 Å². The van der Waals surface area contributed by atoms with E-state index in [2.05, 4.69) is 65.4 Å². The number of rotatable bonds is 3. The van der Waals surface area contributed by atoms with E-state index in [1.165, 1.54) is 21.2 Å². The fourth-order valence-corrected chi connectivity index (χ4v) is 4.10. The SMILES string of the molecule is CCN1CCN(c2nc(-c3cccs3)cc3ccc(C)cc23)CC1. The number of aryl methyl sites for hydroxylation is 1. The monoisotopic (exact) mass is 337 g/mol. The molecule has 3 nitrogen and oxygen atoms in total. The fourth-order valence-electron chi connectivity index (χ4n) is 3.41. The van der Waals surface area contributed by atoms with E-state index in [1.807, 2.05) is 0 Å². The van der Waals surface area contributed by atoms with Gasteiger partial charge in [0.05, 0.1) is 10.6 Å². The summed E-state index contributed by atoms with van der Waals surface area (Å²) in [6.07, 6.45) is 0. The van der Waals surface area contributed by atoms with Crippen LogP contribution in [0.4, 0.5) is 5.82 Å². The van der Waals surface area contributed by atoms with Gasteiger partial charge in [-0.1, -0.05) is 30.7 Å². The first kappa shape index (κ1) is 15.6. The first-order valence-corrected chi connectivity index (χ1v) is 9.55. The van der Waals surface area contributed by atoms with Gasteiger partial charge in [0.2, 0.25) is 0 Å². The minimum atomic E-state index is 1.05. The third-order valence-corrected chi connectivity index (χ3v) is 5.75. The molecule has 1 aromatic carbocycles. The van der Waals surface area contributed by atoms with Crippen LogP contribution in [0.3, 0.4) is 0 Å². The zero-order valence-electron chi connectivity index (χ0n) is 14.3. The maximum absolute atomic E-state index is 5.08. The Hall–Kier alpha value is -1.91. The molecular formula is C20H23N3S. The minimum absolute atomic E-state index is 1.05. The van der Waals surface area contributed by atoms with Crippen LogP contribution in [0.25, 0.3) is 21.3 Å². The second-order valence-electron chi connectivity index (χ2n) is 6.45. The highest BCUT2D eigenvalue weighted by Gasteiger charge is 2.20. The summed E-state index contributed by atoms with van der Waals surface area (Å²) >= 11 is 1.76. The van der Waals surface area contributed by atoms with Crippen molar-refractivity contribution in [1.29, 1.82) is 0 Å². The summed E-state index contributed by atoms with van der Waals surface area (Å²) < 4.78 is 0. The number of fused-ring (bicyclic) bond motifs is 1. The van der Waals surface area contributed by atoms with Gasteiger partial charge in [-0.3, -0.25) is 0 Å². The molecule has 0 radical (unpaired) electrons. The van der Waals surface area contributed by atoms with Gasteiger partial charge in [-0.15, -0.1) is 11.3 Å². The van der Waals surface area contributed by atoms with Crippen molar-refractivity contribution in [3.05, 3.63) is 47.3 Å². The van der Waals surface area contributed by atoms with E-state index in [-0.39, 0.29) is 0 Å². The number of likely N-dealkylation sites (N-methyl/N-ethyl adjacent to an activating group) is 1. The van der Waals surface area contributed by atoms with Crippen molar-refractivity contribution in [2.24, 2.45) is 0 Å². The van der Waals surface area contributed by atoms with Gasteiger partial charge in [-0.25, -0.2) is 4.98 Å². The number of aromatic nitrogens is 1. The first-order chi connectivity index (χ1) is 11.7. The molecule has 3 heterocycles. The Morgan fingerprint density at radius 2 is 1.92 bits per heavy atom. The molecule has 1 saturated heterocycles. The summed E-state index contributed by atoms with van der Waals surface area (Å²) in [6, 6.07) is 13.2. The molecule has 0 aliphatic carbocycles. The second kappa shape index (κ2) is 6.54. The van der Waals surface area contributed by atoms with Crippen LogP contribution >= 0.6 is 11.3 Å². The van der Waals surface area contributed by atoms with Gasteiger partial charge in [-0.2, -0.15) is 0 Å². The van der Waals surface area contributed by atoms with E-state index in [9.17, 15) is 0 Å². The van der Waals surface area contributed by atoms with Gasteiger partial charge in [-0.05, 0) is 42.4 Å². The van der Waals surface area contributed by atoms with Crippen LogP contribution in [0, 0.1) is 6.92 Å². The number of hydrogen-bond acceptors (Lipinski definition) is 4. The van der Waals surface area contributed by atoms with Gasteiger partial charge in [0.1, 0.15) is 5.82 Å². The molecule has 1 aliphatic rings. The Balaban J connectivity index is 1.81. The van der Waals surface area contributed by atoms with Crippen LogP contribution in [0.15, 0.2) is 41.8 Å². The lowest BCUT2D eigenvalue weighted by Gasteiger charge is -2.35. The number of nitrogens with zero attached hydrogens (tertiary/aromatic N) is 3. The van der Waals surface area contributed by atoms with Gasteiger partial charge in [0, 0.05) is 31.6 Å². The molecule has 0 atom stereocenters. The van der Waals surface area contributed by atoms with E-state index in [0.29, 0.717) is 0 Å². The van der Waals surface area contributed by atoms with E-state index >= 15 is 0 Å². The average molecular weight is 337 g/mol. The maximum atomic E-state index is 5.08. The van der Waals surface area contributed by atoms with E-state index in [4.69, 9.17) is 4.98 Å². The number of anilines is 1. The molecule has 0 amide bonds. The number of pyridine rings is 1. The third kappa shape index (κ3) is 2.92. The third-order valence-electron chi connectivity index (χ3n) is 4.86. The Morgan fingerprint density at radius 3 is 2.62 bits per heavy atom. The fraction of sp³-hybridized carbons (Fsp3) is 0.350. The predicted molar refractivity (Wildman–Crippen MR) is 104 cm³/mol. The molecule has 0 spiro atoms. The van der Waals surface area contributed by atoms with Crippen LogP contribution in [0.1, 0.15) is 12.5 Å². The van der Waals surface area contributed by atoms with Crippen molar-refractivity contribution in [2.45, 2.75) is 13.8 Å². The van der Waals surface area contributed by atoms with Crippen LogP contribution in [-0.4, -0.2) is 42.6 Å². The highest BCUT2D eigenvalue weighted by atomic mass is 32.1. The number of benzene rings is 1. The van der Waals surface area contributed by atoms with Crippen molar-refractivity contribution in [3.8, 4) is 10.6 Å². The topological polar surface area (TPSA) is 19.4 Å². The molecule has 0 unspecified atom stereocenters. The Labute approximate surface area is 147 Å². The molecule has 124 valence electrons. The quantitative estimate of drug-likeness (QED) is 0.705. The molecule has 0 N–H and O–H groups in total. The average Bonchev–Trinajstić information content (AvgIpc) is 3.16. The van der Waals surface area contributed by atoms with Crippen molar-refractivity contribution < 1.29 is 0 Å². The maximum Gasteiger partial charge on any atom is 0.137 e. The summed E-state index contributed by atoms with van der Waals surface area (Å²) in [5.74, 6) is 1.15. The van der Waals surface area contributed by atoms with Crippen molar-refractivity contribution in [2.75, 3.05) is 37.6 Å². The normalized spacial score (nSPS) is 16.0. The molecule has 4 rings (SSSR count). The molecule has 1 aliphatic heterocycles. The molecular weight excluding hydrogens is 314 g/mol. The molecule has 1 fully saturated rings. The van der Waals surface area contributed by atoms with E-state index in [1.54, 1.807) is 11.3 Å². The smallest absolute Gasteiger partial charge is 0.137 e. The number of thiophene rings is 1. The molecule has 2 aromatic heterocycles. The largest absolute Gasteiger partial charge is 0.354 e. The first-order valence-electron chi connectivity index (χ1n) is 8.67. The lowest BCUT2D eigenvalue weighted by molar-refractivity contribution is 0.271. The summed E-state index contributed by atoms with van der Waals surface area (Å²) in [7, 11) is 0. The van der Waals surface area contributed by atoms with Crippen molar-refractivity contribution in [3.63, 3.8) is 0 Å². The molecule has 24 heavy (non-hydrogen) atoms. The molecule has 0 saturated carbocycles. The molecule has 4 heteroatoms. The predicted octanol–water partition coefficient (Wildman–Crippen LogP) is 4.41. The number of piperazine rings is 1. The summed E-state index contributed by atoms with van der Waals surface area (Å²) in [5, 5.41) is 4.68. The van der Waals surface area contributed by atoms with Gasteiger partial charge < -0.3 is 9.80 Å². The minimum Gasteiger partial charge on any atom is -0.354 e. The zero-order valence-corrected chi connectivity index (χ0v) is 15.1. The van der Waals surface area contributed by atoms with Gasteiger partial charge >= 0.3 is 0 Å². The van der Waals surface area contributed by atoms with Crippen LogP contribution in [0.2, 0.25) is 0 Å². The lowest BCUT2D eigenvalue weighted by Crippen LogP contribution is -2.46. The lowest BCUT2D eigenvalue weighted by atomic mass is 10.1.